The van der Waals surface area contributed by atoms with E-state index in [-0.39, 0.29) is 11.7 Å². The normalized spacial score (nSPS) is 16.4. The molecule has 1 aliphatic heterocycles. The second-order valence-electron chi connectivity index (χ2n) is 7.42. The summed E-state index contributed by atoms with van der Waals surface area (Å²) >= 11 is 2.98. The number of ether oxygens (including phenoxy) is 2. The second kappa shape index (κ2) is 9.69. The summed E-state index contributed by atoms with van der Waals surface area (Å²) in [6, 6.07) is 5.28. The van der Waals surface area contributed by atoms with Gasteiger partial charge in [-0.3, -0.25) is 4.79 Å². The summed E-state index contributed by atoms with van der Waals surface area (Å²) in [5, 5.41) is 4.64. The number of hydrogen-bond donors (Lipinski definition) is 1. The first-order chi connectivity index (χ1) is 15.1. The number of hydrogen-bond acceptors (Lipinski definition) is 9. The molecule has 31 heavy (non-hydrogen) atoms. The average molecular weight is 460 g/mol. The molecule has 3 heterocycles. The highest BCUT2D eigenvalue weighted by Gasteiger charge is 2.21. The van der Waals surface area contributed by atoms with Gasteiger partial charge in [0.15, 0.2) is 10.8 Å². The van der Waals surface area contributed by atoms with Crippen LogP contribution in [-0.4, -0.2) is 53.9 Å². The fourth-order valence-corrected chi connectivity index (χ4v) is 5.48. The molecule has 1 N–H and O–H groups in total. The summed E-state index contributed by atoms with van der Waals surface area (Å²) in [6.45, 7) is 4.31. The molecule has 4 rings (SSSR count). The van der Waals surface area contributed by atoms with Crippen LogP contribution in [-0.2, 0) is 4.79 Å². The Morgan fingerprint density at radius 3 is 2.97 bits per heavy atom. The van der Waals surface area contributed by atoms with Gasteiger partial charge in [0.05, 0.1) is 25.7 Å². The highest BCUT2D eigenvalue weighted by Crippen LogP contribution is 2.35. The molecule has 0 aliphatic carbocycles. The Hall–Kier alpha value is -2.59. The lowest BCUT2D eigenvalue weighted by Gasteiger charge is -2.30. The Morgan fingerprint density at radius 1 is 1.32 bits per heavy atom. The van der Waals surface area contributed by atoms with Crippen molar-refractivity contribution in [3.8, 4) is 11.5 Å². The first-order valence-corrected chi connectivity index (χ1v) is 11.9. The van der Waals surface area contributed by atoms with Gasteiger partial charge in [-0.05, 0) is 30.9 Å². The molecule has 1 atom stereocenters. The van der Waals surface area contributed by atoms with Gasteiger partial charge in [-0.1, -0.05) is 30.0 Å². The highest BCUT2D eigenvalue weighted by molar-refractivity contribution is 8.00. The van der Waals surface area contributed by atoms with E-state index in [1.165, 1.54) is 30.9 Å². The average Bonchev–Trinajstić information content (AvgIpc) is 3.22. The summed E-state index contributed by atoms with van der Waals surface area (Å²) in [4.78, 5) is 28.4. The number of carbonyl (C=O) groups is 1. The smallest absolute Gasteiger partial charge is 0.234 e. The standard InChI is InChI=1S/C21H25N5O3S2/c1-13-5-4-8-26(10-13)21-25-19-18(31-21)20(23-12-22-19)30-11-17(27)24-15-9-14(28-2)6-7-16(15)29-3/h6-7,9,12-13H,4-5,8,10-11H2,1-3H3,(H,24,27)/t13-/m0/s1. The van der Waals surface area contributed by atoms with E-state index < -0.39 is 0 Å². The Morgan fingerprint density at radius 2 is 2.19 bits per heavy atom. The first kappa shape index (κ1) is 21.6. The van der Waals surface area contributed by atoms with Gasteiger partial charge in [-0.2, -0.15) is 4.98 Å². The minimum absolute atomic E-state index is 0.155. The first-order valence-electron chi connectivity index (χ1n) is 10.1. The van der Waals surface area contributed by atoms with E-state index in [4.69, 9.17) is 14.5 Å². The molecular weight excluding hydrogens is 434 g/mol. The van der Waals surface area contributed by atoms with Crippen molar-refractivity contribution in [2.75, 3.05) is 43.3 Å². The van der Waals surface area contributed by atoms with Crippen LogP contribution in [0.25, 0.3) is 10.3 Å². The maximum atomic E-state index is 12.6. The van der Waals surface area contributed by atoms with Gasteiger partial charge in [-0.15, -0.1) is 0 Å². The van der Waals surface area contributed by atoms with Crippen molar-refractivity contribution in [1.29, 1.82) is 0 Å². The number of thioether (sulfide) groups is 1. The fraction of sp³-hybridized carbons (Fsp3) is 0.429. The van der Waals surface area contributed by atoms with Crippen molar-refractivity contribution in [1.82, 2.24) is 15.0 Å². The zero-order valence-electron chi connectivity index (χ0n) is 17.8. The Kier molecular flexibility index (Phi) is 6.77. The van der Waals surface area contributed by atoms with Gasteiger partial charge >= 0.3 is 0 Å². The summed E-state index contributed by atoms with van der Waals surface area (Å²) in [6.07, 6.45) is 3.95. The number of methoxy groups -OCH3 is 2. The van der Waals surface area contributed by atoms with Gasteiger partial charge < -0.3 is 19.7 Å². The van der Waals surface area contributed by atoms with Crippen LogP contribution in [0.15, 0.2) is 29.6 Å². The summed E-state index contributed by atoms with van der Waals surface area (Å²) in [5.41, 5.74) is 1.25. The molecular formula is C21H25N5O3S2. The number of benzene rings is 1. The van der Waals surface area contributed by atoms with Crippen molar-refractivity contribution < 1.29 is 14.3 Å². The molecule has 10 heteroatoms. The van der Waals surface area contributed by atoms with E-state index in [0.29, 0.717) is 28.8 Å². The number of anilines is 2. The number of nitrogens with one attached hydrogen (secondary N) is 1. The third-order valence-electron chi connectivity index (χ3n) is 5.10. The van der Waals surface area contributed by atoms with Crippen LogP contribution in [0.1, 0.15) is 19.8 Å². The molecule has 0 spiro atoms. The zero-order valence-corrected chi connectivity index (χ0v) is 19.4. The van der Waals surface area contributed by atoms with Crippen molar-refractivity contribution in [3.63, 3.8) is 0 Å². The van der Waals surface area contributed by atoms with Gasteiger partial charge in [0.1, 0.15) is 27.6 Å². The molecule has 0 unspecified atom stereocenters. The molecule has 1 aromatic carbocycles. The molecule has 1 fully saturated rings. The van der Waals surface area contributed by atoms with Gasteiger partial charge in [0, 0.05) is 19.2 Å². The number of rotatable bonds is 7. The second-order valence-corrected chi connectivity index (χ2v) is 9.37. The summed E-state index contributed by atoms with van der Waals surface area (Å²) in [7, 11) is 3.14. The predicted molar refractivity (Wildman–Crippen MR) is 125 cm³/mol. The predicted octanol–water partition coefficient (Wildman–Crippen LogP) is 4.07. The SMILES string of the molecule is COc1ccc(OC)c(NC(=O)CSc2ncnc3nc(N4CCC[C@H](C)C4)sc23)c1. The van der Waals surface area contributed by atoms with Gasteiger partial charge in [0.25, 0.3) is 0 Å². The molecule has 1 aliphatic rings. The van der Waals surface area contributed by atoms with Crippen LogP contribution in [0.5, 0.6) is 11.5 Å². The number of amides is 1. The number of fused-ring (bicyclic) bond motifs is 1. The molecule has 3 aromatic rings. The summed E-state index contributed by atoms with van der Waals surface area (Å²) in [5.74, 6) is 1.94. The number of nitrogens with zero attached hydrogens (tertiary/aromatic N) is 4. The topological polar surface area (TPSA) is 89.5 Å². The Labute approximate surface area is 189 Å². The molecule has 1 amide bonds. The maximum Gasteiger partial charge on any atom is 0.234 e. The lowest BCUT2D eigenvalue weighted by molar-refractivity contribution is -0.113. The number of piperidine rings is 1. The number of carbonyl (C=O) groups excluding carboxylic acids is 1. The van der Waals surface area contributed by atoms with E-state index in [1.807, 2.05) is 0 Å². The van der Waals surface area contributed by atoms with Gasteiger partial charge in [0.2, 0.25) is 5.91 Å². The summed E-state index contributed by atoms with van der Waals surface area (Å²) < 4.78 is 11.5. The van der Waals surface area contributed by atoms with E-state index in [0.717, 1.165) is 27.9 Å². The van der Waals surface area contributed by atoms with Crippen LogP contribution >= 0.6 is 23.1 Å². The van der Waals surface area contributed by atoms with Crippen molar-refractivity contribution in [2.45, 2.75) is 24.8 Å². The largest absolute Gasteiger partial charge is 0.497 e. The molecule has 164 valence electrons. The van der Waals surface area contributed by atoms with Crippen LogP contribution in [0.4, 0.5) is 10.8 Å². The maximum absolute atomic E-state index is 12.6. The van der Waals surface area contributed by atoms with Crippen LogP contribution in [0.3, 0.4) is 0 Å². The molecule has 8 nitrogen and oxygen atoms in total. The number of aromatic nitrogens is 3. The van der Waals surface area contributed by atoms with E-state index >= 15 is 0 Å². The Balaban J connectivity index is 1.46. The molecule has 0 bridgehead atoms. The molecule has 1 saturated heterocycles. The minimum atomic E-state index is -0.155. The Bertz CT molecular complexity index is 1070. The quantitative estimate of drug-likeness (QED) is 0.418. The van der Waals surface area contributed by atoms with E-state index in [2.05, 4.69) is 27.1 Å². The molecule has 0 saturated carbocycles. The fourth-order valence-electron chi connectivity index (χ4n) is 3.56. The lowest BCUT2D eigenvalue weighted by Crippen LogP contribution is -2.34. The minimum Gasteiger partial charge on any atom is -0.497 e. The van der Waals surface area contributed by atoms with Crippen LogP contribution < -0.4 is 19.7 Å². The zero-order chi connectivity index (χ0) is 21.8. The van der Waals surface area contributed by atoms with Crippen molar-refractivity contribution in [2.24, 2.45) is 5.92 Å². The van der Waals surface area contributed by atoms with Crippen molar-refractivity contribution >= 4 is 50.2 Å². The van der Waals surface area contributed by atoms with Gasteiger partial charge in [-0.25, -0.2) is 9.97 Å². The van der Waals surface area contributed by atoms with Crippen molar-refractivity contribution in [3.05, 3.63) is 24.5 Å². The molecule has 0 radical (unpaired) electrons. The monoisotopic (exact) mass is 459 g/mol. The van der Waals surface area contributed by atoms with Crippen LogP contribution in [0.2, 0.25) is 0 Å². The molecule has 2 aromatic heterocycles. The van der Waals surface area contributed by atoms with E-state index in [9.17, 15) is 4.79 Å². The highest BCUT2D eigenvalue weighted by atomic mass is 32.2. The third kappa shape index (κ3) is 5.01. The number of thiazole rings is 1. The lowest BCUT2D eigenvalue weighted by atomic mass is 10.0. The third-order valence-corrected chi connectivity index (χ3v) is 7.33. The van der Waals surface area contributed by atoms with Crippen LogP contribution in [0, 0.1) is 5.92 Å². The van der Waals surface area contributed by atoms with E-state index in [1.54, 1.807) is 43.8 Å².